The van der Waals surface area contributed by atoms with Crippen LogP contribution in [-0.2, 0) is 13.2 Å². The van der Waals surface area contributed by atoms with Crippen LogP contribution in [0.4, 0.5) is 11.4 Å². The number of ether oxygens (including phenoxy) is 1. The van der Waals surface area contributed by atoms with Gasteiger partial charge >= 0.3 is 0 Å². The highest BCUT2D eigenvalue weighted by molar-refractivity contribution is 5.60. The first kappa shape index (κ1) is 16.1. The maximum absolute atomic E-state index is 8.88. The van der Waals surface area contributed by atoms with Gasteiger partial charge in [-0.2, -0.15) is 0 Å². The highest BCUT2D eigenvalue weighted by Crippen LogP contribution is 2.21. The minimum absolute atomic E-state index is 0.402. The van der Waals surface area contributed by atoms with Crippen LogP contribution >= 0.6 is 0 Å². The van der Waals surface area contributed by atoms with Gasteiger partial charge in [0.15, 0.2) is 0 Å². The number of para-hydroxylation sites is 1. The fraction of sp³-hybridized carbons (Fsp3) is 0.100. The van der Waals surface area contributed by atoms with E-state index in [1.54, 1.807) is 0 Å². The highest BCUT2D eigenvalue weighted by atomic mass is 16.5. The maximum Gasteiger partial charge on any atom is 0.119 e. The van der Waals surface area contributed by atoms with Gasteiger partial charge in [0.1, 0.15) is 12.4 Å². The minimum atomic E-state index is 0.402. The molecule has 0 aromatic heterocycles. The molecule has 0 aliphatic carbocycles. The summed E-state index contributed by atoms with van der Waals surface area (Å²) >= 11 is 0. The fourth-order valence-electron chi connectivity index (χ4n) is 2.44. The Morgan fingerprint density at radius 2 is 1.33 bits per heavy atom. The molecule has 0 bridgehead atoms. The van der Waals surface area contributed by atoms with Gasteiger partial charge in [-0.1, -0.05) is 42.5 Å². The fourth-order valence-corrected chi connectivity index (χ4v) is 2.44. The van der Waals surface area contributed by atoms with Gasteiger partial charge in [-0.25, -0.2) is 5.48 Å². The van der Waals surface area contributed by atoms with Crippen LogP contribution in [0.5, 0.6) is 5.75 Å². The minimum Gasteiger partial charge on any atom is -0.489 e. The summed E-state index contributed by atoms with van der Waals surface area (Å²) in [5.41, 5.74) is 6.32. The Hall–Kier alpha value is -2.82. The maximum atomic E-state index is 8.88. The molecule has 0 radical (unpaired) electrons. The van der Waals surface area contributed by atoms with Crippen molar-refractivity contribution in [3.8, 4) is 5.75 Å². The summed E-state index contributed by atoms with van der Waals surface area (Å²) in [5, 5.41) is 12.2. The van der Waals surface area contributed by atoms with Crippen molar-refractivity contribution in [1.29, 1.82) is 0 Å². The van der Waals surface area contributed by atoms with Crippen molar-refractivity contribution in [2.24, 2.45) is 0 Å². The molecule has 122 valence electrons. The molecule has 0 saturated heterocycles. The van der Waals surface area contributed by atoms with Crippen molar-refractivity contribution < 1.29 is 9.94 Å². The average molecular weight is 320 g/mol. The second-order valence-corrected chi connectivity index (χ2v) is 5.41. The Morgan fingerprint density at radius 3 is 2.04 bits per heavy atom. The van der Waals surface area contributed by atoms with Gasteiger partial charge in [-0.15, -0.1) is 0 Å². The van der Waals surface area contributed by atoms with Gasteiger partial charge in [0.25, 0.3) is 0 Å². The van der Waals surface area contributed by atoms with E-state index in [1.807, 2.05) is 78.9 Å². The molecular formula is C20H20N2O2. The lowest BCUT2D eigenvalue weighted by atomic mass is 10.1. The number of benzene rings is 3. The molecule has 0 unspecified atom stereocenters. The molecule has 3 aromatic rings. The van der Waals surface area contributed by atoms with E-state index in [0.717, 1.165) is 28.3 Å². The zero-order valence-corrected chi connectivity index (χ0v) is 13.3. The molecule has 3 rings (SSSR count). The molecule has 0 spiro atoms. The lowest BCUT2D eigenvalue weighted by Gasteiger charge is -2.11. The molecule has 0 amide bonds. The lowest BCUT2D eigenvalue weighted by molar-refractivity contribution is 0.160. The summed E-state index contributed by atoms with van der Waals surface area (Å²) in [4.78, 5) is 0. The zero-order chi connectivity index (χ0) is 16.6. The van der Waals surface area contributed by atoms with Gasteiger partial charge in [-0.3, -0.25) is 0 Å². The molecule has 0 fully saturated rings. The number of anilines is 2. The topological polar surface area (TPSA) is 53.5 Å². The normalized spacial score (nSPS) is 10.4. The standard InChI is InChI=1S/C20H20N2O2/c23-21-14-16-6-4-5-7-17(16)15-24-20-12-10-19(11-13-20)22-18-8-2-1-3-9-18/h1-13,21-23H,14-15H2. The Bertz CT molecular complexity index is 758. The molecule has 4 nitrogen and oxygen atoms in total. The van der Waals surface area contributed by atoms with Crippen LogP contribution in [0.15, 0.2) is 78.9 Å². The Kier molecular flexibility index (Phi) is 5.45. The van der Waals surface area contributed by atoms with Gasteiger partial charge in [-0.05, 0) is 47.5 Å². The van der Waals surface area contributed by atoms with Crippen LogP contribution in [0.3, 0.4) is 0 Å². The van der Waals surface area contributed by atoms with Gasteiger partial charge in [0, 0.05) is 17.9 Å². The predicted octanol–water partition coefficient (Wildman–Crippen LogP) is 4.49. The summed E-state index contributed by atoms with van der Waals surface area (Å²) < 4.78 is 5.85. The van der Waals surface area contributed by atoms with E-state index in [4.69, 9.17) is 9.94 Å². The van der Waals surface area contributed by atoms with Crippen molar-refractivity contribution in [2.75, 3.05) is 5.32 Å². The lowest BCUT2D eigenvalue weighted by Crippen LogP contribution is -2.09. The van der Waals surface area contributed by atoms with Crippen LogP contribution < -0.4 is 15.5 Å². The Balaban J connectivity index is 1.60. The molecule has 0 saturated carbocycles. The monoisotopic (exact) mass is 320 g/mol. The number of nitrogens with one attached hydrogen (secondary N) is 2. The van der Waals surface area contributed by atoms with Crippen molar-refractivity contribution in [2.45, 2.75) is 13.2 Å². The molecule has 4 heteroatoms. The van der Waals surface area contributed by atoms with Crippen LogP contribution in [0, 0.1) is 0 Å². The third-order valence-electron chi connectivity index (χ3n) is 3.70. The molecule has 0 heterocycles. The van der Waals surface area contributed by atoms with E-state index >= 15 is 0 Å². The average Bonchev–Trinajstić information content (AvgIpc) is 2.63. The van der Waals surface area contributed by atoms with E-state index in [2.05, 4.69) is 10.8 Å². The Labute approximate surface area is 141 Å². The van der Waals surface area contributed by atoms with Crippen molar-refractivity contribution in [3.05, 3.63) is 90.0 Å². The van der Waals surface area contributed by atoms with E-state index in [1.165, 1.54) is 0 Å². The first-order chi connectivity index (χ1) is 11.8. The van der Waals surface area contributed by atoms with Crippen molar-refractivity contribution >= 4 is 11.4 Å². The van der Waals surface area contributed by atoms with E-state index in [9.17, 15) is 0 Å². The molecule has 0 atom stereocenters. The van der Waals surface area contributed by atoms with Crippen LogP contribution in [0.25, 0.3) is 0 Å². The highest BCUT2D eigenvalue weighted by Gasteiger charge is 2.03. The molecule has 3 N–H and O–H groups in total. The molecule has 3 aromatic carbocycles. The number of hydroxylamine groups is 1. The second-order valence-electron chi connectivity index (χ2n) is 5.41. The van der Waals surface area contributed by atoms with E-state index in [0.29, 0.717) is 13.2 Å². The van der Waals surface area contributed by atoms with E-state index in [-0.39, 0.29) is 0 Å². The third kappa shape index (κ3) is 4.35. The van der Waals surface area contributed by atoms with E-state index < -0.39 is 0 Å². The molecule has 0 aliphatic heterocycles. The van der Waals surface area contributed by atoms with Gasteiger partial charge in [0.05, 0.1) is 0 Å². The molecule has 24 heavy (non-hydrogen) atoms. The SMILES string of the molecule is ONCc1ccccc1COc1ccc(Nc2ccccc2)cc1. The number of hydrogen-bond acceptors (Lipinski definition) is 4. The summed E-state index contributed by atoms with van der Waals surface area (Å²) in [6, 6.07) is 25.8. The van der Waals surface area contributed by atoms with Crippen molar-refractivity contribution in [3.63, 3.8) is 0 Å². The zero-order valence-electron chi connectivity index (χ0n) is 13.3. The first-order valence-corrected chi connectivity index (χ1v) is 7.84. The quantitative estimate of drug-likeness (QED) is 0.562. The summed E-state index contributed by atoms with van der Waals surface area (Å²) in [5.74, 6) is 0.806. The number of hydrogen-bond donors (Lipinski definition) is 3. The Morgan fingerprint density at radius 1 is 0.708 bits per heavy atom. The summed E-state index contributed by atoms with van der Waals surface area (Å²) in [6.45, 7) is 0.864. The van der Waals surface area contributed by atoms with Gasteiger partial charge in [0.2, 0.25) is 0 Å². The second kappa shape index (κ2) is 8.15. The number of rotatable bonds is 7. The van der Waals surface area contributed by atoms with Gasteiger partial charge < -0.3 is 15.3 Å². The summed E-state index contributed by atoms with van der Waals surface area (Å²) in [7, 11) is 0. The predicted molar refractivity (Wildman–Crippen MR) is 95.6 cm³/mol. The smallest absolute Gasteiger partial charge is 0.119 e. The summed E-state index contributed by atoms with van der Waals surface area (Å²) in [6.07, 6.45) is 0. The van der Waals surface area contributed by atoms with Crippen molar-refractivity contribution in [1.82, 2.24) is 5.48 Å². The molecular weight excluding hydrogens is 300 g/mol. The van der Waals surface area contributed by atoms with Crippen LogP contribution in [0.2, 0.25) is 0 Å². The molecule has 0 aliphatic rings. The van der Waals surface area contributed by atoms with Crippen LogP contribution in [-0.4, -0.2) is 5.21 Å². The first-order valence-electron chi connectivity index (χ1n) is 7.84. The largest absolute Gasteiger partial charge is 0.489 e. The van der Waals surface area contributed by atoms with Crippen LogP contribution in [0.1, 0.15) is 11.1 Å². The third-order valence-corrected chi connectivity index (χ3v) is 3.70.